The maximum absolute atomic E-state index is 5.41. The Bertz CT molecular complexity index is 415. The molecule has 0 amide bonds. The van der Waals surface area contributed by atoms with Gasteiger partial charge in [0.2, 0.25) is 0 Å². The van der Waals surface area contributed by atoms with Crippen LogP contribution in [0.5, 0.6) is 5.75 Å². The normalized spacial score (nSPS) is 17.7. The van der Waals surface area contributed by atoms with Crippen LogP contribution in [-0.4, -0.2) is 37.2 Å². The lowest BCUT2D eigenvalue weighted by molar-refractivity contribution is 0.177. The third-order valence-electron chi connectivity index (χ3n) is 3.78. The molecule has 1 N–H and O–H groups in total. The third-order valence-corrected chi connectivity index (χ3v) is 4.27. The molecule has 0 aliphatic carbocycles. The molecule has 0 spiro atoms. The minimum absolute atomic E-state index is 0.540. The zero-order chi connectivity index (χ0) is 13.8. The monoisotopic (exact) mass is 326 g/mol. The van der Waals surface area contributed by atoms with E-state index in [-0.39, 0.29) is 0 Å². The summed E-state index contributed by atoms with van der Waals surface area (Å²) < 4.78 is 6.49. The number of nitrogens with zero attached hydrogens (tertiary/aromatic N) is 1. The van der Waals surface area contributed by atoms with E-state index >= 15 is 0 Å². The molecule has 1 fully saturated rings. The van der Waals surface area contributed by atoms with E-state index in [9.17, 15) is 0 Å². The number of ether oxygens (including phenoxy) is 1. The Morgan fingerprint density at radius 2 is 2.00 bits per heavy atom. The Morgan fingerprint density at radius 1 is 1.32 bits per heavy atom. The van der Waals surface area contributed by atoms with Gasteiger partial charge in [0.1, 0.15) is 5.75 Å². The molecule has 0 saturated carbocycles. The minimum atomic E-state index is 0.540. The van der Waals surface area contributed by atoms with Crippen LogP contribution in [0.15, 0.2) is 22.7 Å². The van der Waals surface area contributed by atoms with Gasteiger partial charge in [-0.05, 0) is 44.9 Å². The Balaban J connectivity index is 1.97. The summed E-state index contributed by atoms with van der Waals surface area (Å²) in [7, 11) is 1.72. The van der Waals surface area contributed by atoms with Crippen LogP contribution in [0.2, 0.25) is 0 Å². The second-order valence-electron chi connectivity index (χ2n) is 5.39. The highest BCUT2D eigenvalue weighted by Gasteiger charge is 2.21. The summed E-state index contributed by atoms with van der Waals surface area (Å²) in [4.78, 5) is 2.54. The third kappa shape index (κ3) is 3.86. The van der Waals surface area contributed by atoms with Crippen molar-refractivity contribution in [3.8, 4) is 5.75 Å². The molecule has 1 aliphatic heterocycles. The van der Waals surface area contributed by atoms with Gasteiger partial charge in [-0.1, -0.05) is 15.9 Å². The summed E-state index contributed by atoms with van der Waals surface area (Å²) in [6.45, 7) is 6.88. The summed E-state index contributed by atoms with van der Waals surface area (Å²) in [5.41, 5.74) is 1.08. The zero-order valence-electron chi connectivity index (χ0n) is 11.9. The lowest BCUT2D eigenvalue weighted by Crippen LogP contribution is -2.42. The van der Waals surface area contributed by atoms with Crippen LogP contribution >= 0.6 is 15.9 Å². The van der Waals surface area contributed by atoms with Crippen molar-refractivity contribution >= 4 is 21.6 Å². The molecule has 0 atom stereocenters. The van der Waals surface area contributed by atoms with Gasteiger partial charge in [0, 0.05) is 29.6 Å². The lowest BCUT2D eigenvalue weighted by Gasteiger charge is -2.35. The van der Waals surface area contributed by atoms with Crippen LogP contribution in [0.1, 0.15) is 26.7 Å². The first-order valence-corrected chi connectivity index (χ1v) is 7.73. The van der Waals surface area contributed by atoms with E-state index in [1.54, 1.807) is 7.11 Å². The highest BCUT2D eigenvalue weighted by atomic mass is 79.9. The Kier molecular flexibility index (Phi) is 5.11. The van der Waals surface area contributed by atoms with E-state index in [1.165, 1.54) is 25.9 Å². The number of halogens is 1. The van der Waals surface area contributed by atoms with Crippen molar-refractivity contribution in [2.75, 3.05) is 25.5 Å². The van der Waals surface area contributed by atoms with E-state index in [1.807, 2.05) is 12.1 Å². The van der Waals surface area contributed by atoms with Gasteiger partial charge >= 0.3 is 0 Å². The van der Waals surface area contributed by atoms with Gasteiger partial charge in [-0.15, -0.1) is 0 Å². The second kappa shape index (κ2) is 6.62. The van der Waals surface area contributed by atoms with Crippen LogP contribution in [0.3, 0.4) is 0 Å². The first-order valence-electron chi connectivity index (χ1n) is 6.94. The Morgan fingerprint density at radius 3 is 2.58 bits per heavy atom. The molecule has 3 nitrogen and oxygen atoms in total. The van der Waals surface area contributed by atoms with E-state index in [0.29, 0.717) is 12.1 Å². The van der Waals surface area contributed by atoms with Crippen LogP contribution in [-0.2, 0) is 0 Å². The lowest BCUT2D eigenvalue weighted by atomic mass is 10.0. The smallest absolute Gasteiger partial charge is 0.142 e. The molecule has 19 heavy (non-hydrogen) atoms. The Labute approximate surface area is 124 Å². The van der Waals surface area contributed by atoms with Gasteiger partial charge in [-0.2, -0.15) is 0 Å². The van der Waals surface area contributed by atoms with Crippen molar-refractivity contribution < 1.29 is 4.74 Å². The topological polar surface area (TPSA) is 24.5 Å². The summed E-state index contributed by atoms with van der Waals surface area (Å²) in [5, 5.41) is 3.62. The van der Waals surface area contributed by atoms with Crippen molar-refractivity contribution in [1.29, 1.82) is 0 Å². The van der Waals surface area contributed by atoms with Crippen molar-refractivity contribution in [2.24, 2.45) is 0 Å². The molecule has 0 aromatic heterocycles. The zero-order valence-corrected chi connectivity index (χ0v) is 13.5. The number of hydrogen-bond acceptors (Lipinski definition) is 3. The molecule has 1 aromatic carbocycles. The summed E-state index contributed by atoms with van der Waals surface area (Å²) in [6.07, 6.45) is 2.38. The molecule has 1 saturated heterocycles. The maximum Gasteiger partial charge on any atom is 0.142 e. The highest BCUT2D eigenvalue weighted by molar-refractivity contribution is 9.10. The van der Waals surface area contributed by atoms with Crippen molar-refractivity contribution in [1.82, 2.24) is 4.90 Å². The van der Waals surface area contributed by atoms with Gasteiger partial charge in [-0.3, -0.25) is 0 Å². The van der Waals surface area contributed by atoms with Gasteiger partial charge in [0.05, 0.1) is 12.8 Å². The number of methoxy groups -OCH3 is 1. The predicted octanol–water partition coefficient (Wildman–Crippen LogP) is 3.74. The van der Waals surface area contributed by atoms with Crippen molar-refractivity contribution in [3.63, 3.8) is 0 Å². The average Bonchev–Trinajstić information content (AvgIpc) is 2.39. The van der Waals surface area contributed by atoms with Gasteiger partial charge in [0.25, 0.3) is 0 Å². The first kappa shape index (κ1) is 14.7. The van der Waals surface area contributed by atoms with Crippen LogP contribution < -0.4 is 10.1 Å². The van der Waals surface area contributed by atoms with Crippen LogP contribution in [0.25, 0.3) is 0 Å². The predicted molar refractivity (Wildman–Crippen MR) is 84.0 cm³/mol. The molecule has 106 valence electrons. The minimum Gasteiger partial charge on any atom is -0.495 e. The Hall–Kier alpha value is -0.740. The molecule has 4 heteroatoms. The maximum atomic E-state index is 5.41. The highest BCUT2D eigenvalue weighted by Crippen LogP contribution is 2.30. The van der Waals surface area contributed by atoms with Gasteiger partial charge in [-0.25, -0.2) is 0 Å². The van der Waals surface area contributed by atoms with E-state index in [0.717, 1.165) is 15.9 Å². The number of nitrogens with one attached hydrogen (secondary N) is 1. The molecule has 1 aromatic rings. The van der Waals surface area contributed by atoms with E-state index in [2.05, 4.69) is 46.1 Å². The number of benzene rings is 1. The number of anilines is 1. The number of piperidine rings is 1. The summed E-state index contributed by atoms with van der Waals surface area (Å²) in [5.74, 6) is 0.912. The average molecular weight is 327 g/mol. The number of likely N-dealkylation sites (tertiary alicyclic amines) is 1. The number of hydrogen-bond donors (Lipinski definition) is 1. The molecule has 1 aliphatic rings. The van der Waals surface area contributed by atoms with E-state index < -0.39 is 0 Å². The molecule has 0 radical (unpaired) electrons. The second-order valence-corrected chi connectivity index (χ2v) is 6.31. The number of rotatable bonds is 4. The van der Waals surface area contributed by atoms with Crippen LogP contribution in [0, 0.1) is 0 Å². The first-order chi connectivity index (χ1) is 9.10. The summed E-state index contributed by atoms with van der Waals surface area (Å²) >= 11 is 3.52. The standard InChI is InChI=1S/C15H23BrN2O/c1-11(2)18-8-6-13(7-9-18)17-14-10-12(16)4-5-15(14)19-3/h4-5,10-11,13,17H,6-9H2,1-3H3. The molecule has 1 heterocycles. The molecule has 0 bridgehead atoms. The molecular formula is C15H23BrN2O. The quantitative estimate of drug-likeness (QED) is 0.912. The summed E-state index contributed by atoms with van der Waals surface area (Å²) in [6, 6.07) is 7.29. The van der Waals surface area contributed by atoms with Gasteiger partial charge < -0.3 is 15.0 Å². The van der Waals surface area contributed by atoms with E-state index in [4.69, 9.17) is 4.74 Å². The molecule has 2 rings (SSSR count). The largest absolute Gasteiger partial charge is 0.495 e. The fraction of sp³-hybridized carbons (Fsp3) is 0.600. The van der Waals surface area contributed by atoms with Crippen molar-refractivity contribution in [2.45, 2.75) is 38.8 Å². The molecule has 0 unspecified atom stereocenters. The SMILES string of the molecule is COc1ccc(Br)cc1NC1CCN(C(C)C)CC1. The van der Waals surface area contributed by atoms with Crippen LogP contribution in [0.4, 0.5) is 5.69 Å². The fourth-order valence-electron chi connectivity index (χ4n) is 2.57. The molecular weight excluding hydrogens is 304 g/mol. The van der Waals surface area contributed by atoms with Crippen molar-refractivity contribution in [3.05, 3.63) is 22.7 Å². The fourth-order valence-corrected chi connectivity index (χ4v) is 2.93. The van der Waals surface area contributed by atoms with Gasteiger partial charge in [0.15, 0.2) is 0 Å².